The molecule has 8 rings (SSSR count). The highest BCUT2D eigenvalue weighted by Crippen LogP contribution is 2.41. The number of benzene rings is 5. The maximum absolute atomic E-state index is 5.18. The van der Waals surface area contributed by atoms with Crippen LogP contribution in [-0.2, 0) is 0 Å². The Bertz CT molecular complexity index is 1940. The predicted molar refractivity (Wildman–Crippen MR) is 181 cm³/mol. The number of nitrogens with one attached hydrogen (secondary N) is 1. The van der Waals surface area contributed by atoms with Crippen LogP contribution in [-0.4, -0.2) is 21.9 Å². The smallest absolute Gasteiger partial charge is 0.405 e. The lowest BCUT2D eigenvalue weighted by molar-refractivity contribution is 1.04. The van der Waals surface area contributed by atoms with Crippen LogP contribution in [0.15, 0.2) is 158 Å². The summed E-state index contributed by atoms with van der Waals surface area (Å²) in [5, 5.41) is 3.89. The molecule has 5 nitrogen and oxygen atoms in total. The Morgan fingerprint density at radius 2 is 1.11 bits per heavy atom. The van der Waals surface area contributed by atoms with Crippen LogP contribution in [0.25, 0.3) is 33.9 Å². The van der Waals surface area contributed by atoms with Gasteiger partial charge < -0.3 is 10.0 Å². The molecule has 6 aromatic rings. The number of anilines is 3. The first-order valence-electron chi connectivity index (χ1n) is 14.9. The van der Waals surface area contributed by atoms with E-state index in [9.17, 15) is 0 Å². The fourth-order valence-electron chi connectivity index (χ4n) is 6.19. The van der Waals surface area contributed by atoms with Gasteiger partial charge in [0.1, 0.15) is 0 Å². The molecule has 0 fully saturated rings. The van der Waals surface area contributed by atoms with Crippen molar-refractivity contribution in [3.05, 3.63) is 163 Å². The van der Waals surface area contributed by atoms with E-state index >= 15 is 0 Å². The third-order valence-corrected chi connectivity index (χ3v) is 8.21. The molecule has 0 saturated carbocycles. The van der Waals surface area contributed by atoms with Crippen molar-refractivity contribution in [2.45, 2.75) is 5.92 Å². The Labute approximate surface area is 257 Å². The van der Waals surface area contributed by atoms with Crippen LogP contribution >= 0.6 is 0 Å². The zero-order valence-corrected chi connectivity index (χ0v) is 24.0. The number of fused-ring (bicyclic) bond motifs is 3. The normalized spacial score (nSPS) is 13.5. The molecule has 1 aliphatic heterocycles. The Morgan fingerprint density at radius 3 is 1.77 bits per heavy atom. The van der Waals surface area contributed by atoms with E-state index in [2.05, 4.69) is 101 Å². The molecule has 5 aromatic carbocycles. The van der Waals surface area contributed by atoms with Crippen molar-refractivity contribution in [3.63, 3.8) is 0 Å². The molecule has 0 amide bonds. The van der Waals surface area contributed by atoms with E-state index in [0.717, 1.165) is 28.1 Å². The number of rotatable bonds is 6. The molecule has 0 saturated heterocycles. The molecule has 0 atom stereocenters. The number of hydrogen-bond acceptors (Lipinski definition) is 5. The standard InChI is InChI=1S/C38H28BN5/c1-4-17-28(18-5-1)36-40-37(29-19-6-2-7-20-29)42-38(41-36)44-34-26-13-12-23-32(34)33-25-14-24-31(27-15-10-11-16-27)35(33)39(44)43-30-21-8-3-9-22-30/h1-27,43H. The second-order valence-electron chi connectivity index (χ2n) is 10.9. The van der Waals surface area contributed by atoms with E-state index in [0.29, 0.717) is 17.6 Å². The van der Waals surface area contributed by atoms with Crippen LogP contribution in [0.1, 0.15) is 11.5 Å². The molecule has 2 aliphatic rings. The fraction of sp³-hybridized carbons (Fsp3) is 0.0263. The van der Waals surface area contributed by atoms with Crippen molar-refractivity contribution in [2.24, 2.45) is 0 Å². The summed E-state index contributed by atoms with van der Waals surface area (Å²) >= 11 is 0. The number of aromatic nitrogens is 3. The van der Waals surface area contributed by atoms with E-state index in [1.807, 2.05) is 66.7 Å². The highest BCUT2D eigenvalue weighted by atomic mass is 15.3. The van der Waals surface area contributed by atoms with E-state index in [4.69, 9.17) is 15.0 Å². The van der Waals surface area contributed by atoms with Crippen molar-refractivity contribution < 1.29 is 0 Å². The van der Waals surface area contributed by atoms with Gasteiger partial charge in [-0.2, -0.15) is 9.97 Å². The largest absolute Gasteiger partial charge is 0.416 e. The maximum Gasteiger partial charge on any atom is 0.416 e. The number of para-hydroxylation sites is 2. The van der Waals surface area contributed by atoms with Gasteiger partial charge in [0.05, 0.1) is 0 Å². The van der Waals surface area contributed by atoms with Crippen LogP contribution in [0.5, 0.6) is 0 Å². The number of hydrogen-bond donors (Lipinski definition) is 1. The summed E-state index contributed by atoms with van der Waals surface area (Å²) < 4.78 is 0. The highest BCUT2D eigenvalue weighted by molar-refractivity contribution is 6.83. The van der Waals surface area contributed by atoms with Gasteiger partial charge in [0.25, 0.3) is 0 Å². The summed E-state index contributed by atoms with van der Waals surface area (Å²) in [7, 11) is 0. The summed E-state index contributed by atoms with van der Waals surface area (Å²) in [6, 6.07) is 45.8. The van der Waals surface area contributed by atoms with Crippen molar-refractivity contribution in [1.29, 1.82) is 0 Å². The Morgan fingerprint density at radius 1 is 0.545 bits per heavy atom. The van der Waals surface area contributed by atoms with Crippen LogP contribution in [0.3, 0.4) is 0 Å². The van der Waals surface area contributed by atoms with Crippen molar-refractivity contribution in [2.75, 3.05) is 10.0 Å². The zero-order valence-electron chi connectivity index (χ0n) is 24.0. The fourth-order valence-corrected chi connectivity index (χ4v) is 6.19. The second kappa shape index (κ2) is 11.2. The average molecular weight is 565 g/mol. The van der Waals surface area contributed by atoms with Gasteiger partial charge in [-0.05, 0) is 34.8 Å². The lowest BCUT2D eigenvalue weighted by Gasteiger charge is -2.38. The monoisotopic (exact) mass is 565 g/mol. The third-order valence-electron chi connectivity index (χ3n) is 8.21. The lowest BCUT2D eigenvalue weighted by Crippen LogP contribution is -2.57. The van der Waals surface area contributed by atoms with Crippen LogP contribution < -0.4 is 15.5 Å². The number of nitrogens with zero attached hydrogens (tertiary/aromatic N) is 4. The zero-order chi connectivity index (χ0) is 29.3. The average Bonchev–Trinajstić information content (AvgIpc) is 3.64. The highest BCUT2D eigenvalue weighted by Gasteiger charge is 2.41. The topological polar surface area (TPSA) is 53.9 Å². The van der Waals surface area contributed by atoms with Crippen molar-refractivity contribution in [1.82, 2.24) is 15.0 Å². The maximum atomic E-state index is 5.18. The molecular formula is C38H28BN5. The van der Waals surface area contributed by atoms with Gasteiger partial charge in [-0.3, -0.25) is 0 Å². The van der Waals surface area contributed by atoms with E-state index < -0.39 is 0 Å². The molecule has 0 spiro atoms. The molecule has 1 N–H and O–H groups in total. The second-order valence-corrected chi connectivity index (χ2v) is 10.9. The molecule has 0 radical (unpaired) electrons. The van der Waals surface area contributed by atoms with Gasteiger partial charge in [0, 0.05) is 34.0 Å². The van der Waals surface area contributed by atoms with E-state index in [1.54, 1.807) is 0 Å². The summed E-state index contributed by atoms with van der Waals surface area (Å²) in [6.07, 6.45) is 8.76. The molecule has 0 unspecified atom stereocenters. The van der Waals surface area contributed by atoms with Crippen molar-refractivity contribution in [3.8, 4) is 33.9 Å². The quantitative estimate of drug-likeness (QED) is 0.207. The Kier molecular flexibility index (Phi) is 6.57. The summed E-state index contributed by atoms with van der Waals surface area (Å²) in [6.45, 7) is -0.296. The molecule has 1 aliphatic carbocycles. The third kappa shape index (κ3) is 4.67. The molecular weight excluding hydrogens is 537 g/mol. The van der Waals surface area contributed by atoms with Crippen LogP contribution in [0, 0.1) is 0 Å². The first-order chi connectivity index (χ1) is 21.8. The van der Waals surface area contributed by atoms with E-state index in [1.165, 1.54) is 16.6 Å². The molecule has 44 heavy (non-hydrogen) atoms. The van der Waals surface area contributed by atoms with Gasteiger partial charge in [-0.1, -0.05) is 140 Å². The van der Waals surface area contributed by atoms with Crippen molar-refractivity contribution >= 4 is 29.8 Å². The van der Waals surface area contributed by atoms with Gasteiger partial charge in [-0.25, -0.2) is 4.98 Å². The number of allylic oxidation sites excluding steroid dienone is 4. The molecule has 2 heterocycles. The molecule has 208 valence electrons. The van der Waals surface area contributed by atoms with Gasteiger partial charge in [-0.15, -0.1) is 0 Å². The first-order valence-corrected chi connectivity index (χ1v) is 14.9. The van der Waals surface area contributed by atoms with Gasteiger partial charge in [0.2, 0.25) is 5.95 Å². The summed E-state index contributed by atoms with van der Waals surface area (Å²) in [5.74, 6) is 2.02. The lowest BCUT2D eigenvalue weighted by atomic mass is 9.57. The molecule has 0 bridgehead atoms. The molecule has 1 aromatic heterocycles. The minimum atomic E-state index is -0.296. The SMILES string of the molecule is C1=CC(c2cccc3c2B(Nc2ccccc2)N(c2nc(-c4ccccc4)nc(-c4ccccc4)n2)c2ccccc2-3)C=C1. The van der Waals surface area contributed by atoms with Gasteiger partial charge in [0.15, 0.2) is 11.6 Å². The van der Waals surface area contributed by atoms with Crippen LogP contribution in [0.2, 0.25) is 0 Å². The summed E-state index contributed by atoms with van der Waals surface area (Å²) in [4.78, 5) is 17.6. The Hall–Kier alpha value is -5.75. The van der Waals surface area contributed by atoms with E-state index in [-0.39, 0.29) is 12.9 Å². The van der Waals surface area contributed by atoms with Crippen LogP contribution in [0.4, 0.5) is 17.3 Å². The first kappa shape index (κ1) is 25.9. The Balaban J connectivity index is 1.40. The minimum Gasteiger partial charge on any atom is -0.405 e. The van der Waals surface area contributed by atoms with Gasteiger partial charge >= 0.3 is 6.98 Å². The molecule has 6 heteroatoms. The predicted octanol–water partition coefficient (Wildman–Crippen LogP) is 8.04. The minimum absolute atomic E-state index is 0.176. The summed E-state index contributed by atoms with van der Waals surface area (Å²) in [5.41, 5.74) is 8.73.